The van der Waals surface area contributed by atoms with Crippen molar-refractivity contribution in [2.24, 2.45) is 0 Å². The van der Waals surface area contributed by atoms with E-state index in [-0.39, 0.29) is 16.3 Å². The van der Waals surface area contributed by atoms with Crippen molar-refractivity contribution in [3.63, 3.8) is 0 Å². The first-order valence-electron chi connectivity index (χ1n) is 5.59. The number of nitrogens with two attached hydrogens (primary N) is 1. The highest BCUT2D eigenvalue weighted by Crippen LogP contribution is 2.31. The Hall–Kier alpha value is -1.60. The van der Waals surface area contributed by atoms with Gasteiger partial charge >= 0.3 is 0 Å². The molecule has 7 heteroatoms. The Kier molecular flexibility index (Phi) is 4.01. The molecule has 3 N–H and O–H groups in total. The number of halogens is 2. The van der Waals surface area contributed by atoms with Crippen LogP contribution in [0.1, 0.15) is 0 Å². The molecule has 0 radical (unpaired) electrons. The van der Waals surface area contributed by atoms with Gasteiger partial charge in [-0.05, 0) is 30.3 Å². The van der Waals surface area contributed by atoms with Gasteiger partial charge in [-0.3, -0.25) is 0 Å². The fourth-order valence-electron chi connectivity index (χ4n) is 1.71. The van der Waals surface area contributed by atoms with Crippen LogP contribution in [-0.2, 0) is 9.84 Å². The Labute approximate surface area is 124 Å². The number of nitrogen functional groups attached to an aromatic ring is 1. The molecule has 0 heterocycles. The zero-order valence-electron chi connectivity index (χ0n) is 10.5. The number of nitrogens with one attached hydrogen (secondary N) is 1. The molecular weight excluding hydrogens is 347 g/mol. The Bertz CT molecular complexity index is 763. The number of hydrogen-bond donors (Lipinski definition) is 2. The van der Waals surface area contributed by atoms with Crippen molar-refractivity contribution in [3.05, 3.63) is 46.7 Å². The van der Waals surface area contributed by atoms with Crippen LogP contribution >= 0.6 is 15.9 Å². The third-order valence-electron chi connectivity index (χ3n) is 2.66. The summed E-state index contributed by atoms with van der Waals surface area (Å²) in [7, 11) is -3.43. The predicted molar refractivity (Wildman–Crippen MR) is 81.3 cm³/mol. The minimum Gasteiger partial charge on any atom is -0.396 e. The number of sulfone groups is 1. The molecule has 106 valence electrons. The van der Waals surface area contributed by atoms with Gasteiger partial charge in [0, 0.05) is 10.7 Å². The summed E-state index contributed by atoms with van der Waals surface area (Å²) in [4.78, 5) is 0.0119. The van der Waals surface area contributed by atoms with Gasteiger partial charge in [0.1, 0.15) is 5.82 Å². The molecule has 2 rings (SSSR count). The van der Waals surface area contributed by atoms with Gasteiger partial charge in [-0.1, -0.05) is 22.0 Å². The summed E-state index contributed by atoms with van der Waals surface area (Å²) in [6, 6.07) is 8.95. The molecule has 2 aromatic carbocycles. The largest absolute Gasteiger partial charge is 0.396 e. The summed E-state index contributed by atoms with van der Waals surface area (Å²) in [5.74, 6) is -0.461. The number of para-hydroxylation sites is 1. The van der Waals surface area contributed by atoms with Crippen LogP contribution in [0, 0.1) is 5.82 Å². The fraction of sp³-hybridized carbons (Fsp3) is 0.0769. The second-order valence-corrected chi connectivity index (χ2v) is 7.14. The normalized spacial score (nSPS) is 11.3. The summed E-state index contributed by atoms with van der Waals surface area (Å²) in [5.41, 5.74) is 6.44. The summed E-state index contributed by atoms with van der Waals surface area (Å²) in [5, 5.41) is 2.80. The maximum atomic E-state index is 13.7. The van der Waals surface area contributed by atoms with Crippen molar-refractivity contribution in [2.75, 3.05) is 17.3 Å². The number of hydrogen-bond acceptors (Lipinski definition) is 4. The number of rotatable bonds is 3. The number of benzene rings is 2. The molecule has 4 nitrogen and oxygen atoms in total. The molecule has 0 saturated carbocycles. The van der Waals surface area contributed by atoms with Gasteiger partial charge in [-0.15, -0.1) is 0 Å². The van der Waals surface area contributed by atoms with E-state index in [9.17, 15) is 12.8 Å². The molecule has 0 aliphatic heterocycles. The van der Waals surface area contributed by atoms with Crippen molar-refractivity contribution >= 4 is 42.8 Å². The molecule has 0 aromatic heterocycles. The van der Waals surface area contributed by atoms with Gasteiger partial charge in [0.15, 0.2) is 9.84 Å². The van der Waals surface area contributed by atoms with Crippen molar-refractivity contribution in [1.29, 1.82) is 0 Å². The molecule has 0 aliphatic rings. The molecule has 20 heavy (non-hydrogen) atoms. The highest BCUT2D eigenvalue weighted by molar-refractivity contribution is 9.10. The summed E-state index contributed by atoms with van der Waals surface area (Å²) in [6.07, 6.45) is 1.07. The van der Waals surface area contributed by atoms with Crippen molar-refractivity contribution in [2.45, 2.75) is 4.90 Å². The van der Waals surface area contributed by atoms with Gasteiger partial charge in [0.2, 0.25) is 0 Å². The first-order chi connectivity index (χ1) is 9.29. The van der Waals surface area contributed by atoms with Crippen molar-refractivity contribution < 1.29 is 12.8 Å². The van der Waals surface area contributed by atoms with Crippen LogP contribution in [0.2, 0.25) is 0 Å². The van der Waals surface area contributed by atoms with E-state index in [1.165, 1.54) is 12.1 Å². The zero-order valence-corrected chi connectivity index (χ0v) is 12.9. The Morgan fingerprint density at radius 3 is 2.55 bits per heavy atom. The second kappa shape index (κ2) is 5.41. The Balaban J connectivity index is 2.47. The SMILES string of the molecule is CS(=O)(=O)c1cccc(Nc2cc(Br)ccc2F)c1N. The first kappa shape index (κ1) is 14.8. The number of anilines is 3. The smallest absolute Gasteiger partial charge is 0.177 e. The maximum absolute atomic E-state index is 13.7. The molecule has 0 saturated heterocycles. The highest BCUT2D eigenvalue weighted by Gasteiger charge is 2.15. The summed E-state index contributed by atoms with van der Waals surface area (Å²) < 4.78 is 37.6. The molecule has 0 amide bonds. The van der Waals surface area contributed by atoms with E-state index in [1.54, 1.807) is 24.3 Å². The molecule has 2 aromatic rings. The molecule has 0 atom stereocenters. The van der Waals surface area contributed by atoms with Crippen LogP contribution < -0.4 is 11.1 Å². The van der Waals surface area contributed by atoms with E-state index < -0.39 is 15.7 Å². The maximum Gasteiger partial charge on any atom is 0.177 e. The van der Waals surface area contributed by atoms with Gasteiger partial charge in [-0.2, -0.15) is 0 Å². The molecule has 0 fully saturated rings. The molecule has 0 bridgehead atoms. The van der Waals surface area contributed by atoms with Gasteiger partial charge in [0.25, 0.3) is 0 Å². The lowest BCUT2D eigenvalue weighted by atomic mass is 10.2. The quantitative estimate of drug-likeness (QED) is 0.825. The Morgan fingerprint density at radius 1 is 1.20 bits per heavy atom. The topological polar surface area (TPSA) is 72.2 Å². The average Bonchev–Trinajstić information content (AvgIpc) is 2.35. The molecule has 0 aliphatic carbocycles. The lowest BCUT2D eigenvalue weighted by Gasteiger charge is -2.13. The van der Waals surface area contributed by atoms with Gasteiger partial charge < -0.3 is 11.1 Å². The van der Waals surface area contributed by atoms with Crippen LogP contribution in [-0.4, -0.2) is 14.7 Å². The van der Waals surface area contributed by atoms with E-state index in [1.807, 2.05) is 0 Å². The lowest BCUT2D eigenvalue weighted by molar-refractivity contribution is 0.602. The van der Waals surface area contributed by atoms with E-state index in [0.717, 1.165) is 6.26 Å². The van der Waals surface area contributed by atoms with Crippen LogP contribution in [0.15, 0.2) is 45.8 Å². The van der Waals surface area contributed by atoms with Crippen LogP contribution in [0.3, 0.4) is 0 Å². The average molecular weight is 359 g/mol. The summed E-state index contributed by atoms with van der Waals surface area (Å²) >= 11 is 3.24. The second-order valence-electron chi connectivity index (χ2n) is 4.24. The monoisotopic (exact) mass is 358 g/mol. The first-order valence-corrected chi connectivity index (χ1v) is 8.28. The molecular formula is C13H12BrFN2O2S. The highest BCUT2D eigenvalue weighted by atomic mass is 79.9. The Morgan fingerprint density at radius 2 is 1.90 bits per heavy atom. The third kappa shape index (κ3) is 3.10. The van der Waals surface area contributed by atoms with E-state index in [0.29, 0.717) is 10.2 Å². The minimum atomic E-state index is -3.43. The van der Waals surface area contributed by atoms with Crippen LogP contribution in [0.5, 0.6) is 0 Å². The summed E-state index contributed by atoms with van der Waals surface area (Å²) in [6.45, 7) is 0. The van der Waals surface area contributed by atoms with Crippen LogP contribution in [0.25, 0.3) is 0 Å². The van der Waals surface area contributed by atoms with E-state index in [4.69, 9.17) is 5.73 Å². The standard InChI is InChI=1S/C13H12BrFN2O2S/c1-20(18,19)12-4-2-3-10(13(12)16)17-11-7-8(14)5-6-9(11)15/h2-7,17H,16H2,1H3. The van der Waals surface area contributed by atoms with Crippen molar-refractivity contribution in [1.82, 2.24) is 0 Å². The molecule has 0 unspecified atom stereocenters. The van der Waals surface area contributed by atoms with Gasteiger partial charge in [0.05, 0.1) is 22.0 Å². The fourth-order valence-corrected chi connectivity index (χ4v) is 2.91. The predicted octanol–water partition coefficient (Wildman–Crippen LogP) is 3.32. The molecule has 0 spiro atoms. The van der Waals surface area contributed by atoms with Crippen LogP contribution in [0.4, 0.5) is 21.5 Å². The van der Waals surface area contributed by atoms with E-state index in [2.05, 4.69) is 21.2 Å². The minimum absolute atomic E-state index is 0.0119. The zero-order chi connectivity index (χ0) is 14.9. The van der Waals surface area contributed by atoms with Gasteiger partial charge in [-0.25, -0.2) is 12.8 Å². The van der Waals surface area contributed by atoms with Crippen molar-refractivity contribution in [3.8, 4) is 0 Å². The van der Waals surface area contributed by atoms with E-state index >= 15 is 0 Å². The lowest BCUT2D eigenvalue weighted by Crippen LogP contribution is -2.05. The third-order valence-corrected chi connectivity index (χ3v) is 4.31.